The van der Waals surface area contributed by atoms with Gasteiger partial charge in [-0.15, -0.1) is 0 Å². The second-order valence-electron chi connectivity index (χ2n) is 4.72. The van der Waals surface area contributed by atoms with E-state index in [1.807, 2.05) is 61.5 Å². The monoisotopic (exact) mass is 332 g/mol. The molecule has 4 heteroatoms. The van der Waals surface area contributed by atoms with E-state index in [0.717, 1.165) is 15.7 Å². The Kier molecular flexibility index (Phi) is 4.93. The predicted octanol–water partition coefficient (Wildman–Crippen LogP) is 3.72. The molecular formula is C16H17BrN2O. The Morgan fingerprint density at radius 1 is 1.15 bits per heavy atom. The fourth-order valence-corrected chi connectivity index (χ4v) is 2.35. The molecule has 0 aliphatic heterocycles. The molecule has 2 aromatic rings. The fraction of sp³-hybridized carbons (Fsp3) is 0.188. The van der Waals surface area contributed by atoms with Crippen molar-refractivity contribution < 1.29 is 4.79 Å². The van der Waals surface area contributed by atoms with Gasteiger partial charge in [0.2, 0.25) is 5.91 Å². The third-order valence-corrected chi connectivity index (χ3v) is 3.72. The number of carbonyl (C=O) groups is 1. The van der Waals surface area contributed by atoms with E-state index in [9.17, 15) is 4.79 Å². The van der Waals surface area contributed by atoms with E-state index in [2.05, 4.69) is 21.2 Å². The summed E-state index contributed by atoms with van der Waals surface area (Å²) in [7, 11) is 0. The van der Waals surface area contributed by atoms with Crippen LogP contribution in [0.25, 0.3) is 0 Å². The molecule has 0 aliphatic carbocycles. The predicted molar refractivity (Wildman–Crippen MR) is 85.3 cm³/mol. The summed E-state index contributed by atoms with van der Waals surface area (Å²) in [5.74, 6) is -0.393. The molecule has 0 aromatic heterocycles. The minimum Gasteiger partial charge on any atom is -0.326 e. The fourth-order valence-electron chi connectivity index (χ4n) is 1.95. The molecule has 0 fully saturated rings. The topological polar surface area (TPSA) is 55.1 Å². The average molecular weight is 333 g/mol. The lowest BCUT2D eigenvalue weighted by atomic mass is 9.94. The van der Waals surface area contributed by atoms with Gasteiger partial charge in [0.05, 0.1) is 5.92 Å². The maximum Gasteiger partial charge on any atom is 0.229 e. The molecular weight excluding hydrogens is 316 g/mol. The van der Waals surface area contributed by atoms with Crippen molar-refractivity contribution >= 4 is 27.5 Å². The van der Waals surface area contributed by atoms with Gasteiger partial charge >= 0.3 is 0 Å². The Morgan fingerprint density at radius 3 is 2.50 bits per heavy atom. The van der Waals surface area contributed by atoms with E-state index in [0.29, 0.717) is 0 Å². The molecule has 1 amide bonds. The van der Waals surface area contributed by atoms with Gasteiger partial charge in [-0.05, 0) is 23.8 Å². The number of hydrogen-bond acceptors (Lipinski definition) is 2. The molecule has 0 bridgehead atoms. The number of rotatable bonds is 4. The Bertz CT molecular complexity index is 586. The molecule has 3 nitrogen and oxygen atoms in total. The Balaban J connectivity index is 2.05. The summed E-state index contributed by atoms with van der Waals surface area (Å²) >= 11 is 3.38. The molecule has 0 spiro atoms. The molecule has 0 heterocycles. The first kappa shape index (κ1) is 14.8. The SMILES string of the molecule is CC(C(=O)Nc1cccc(Br)c1)C(N)c1ccccc1. The van der Waals surface area contributed by atoms with Gasteiger partial charge in [-0.2, -0.15) is 0 Å². The van der Waals surface area contributed by atoms with Crippen molar-refractivity contribution in [3.05, 3.63) is 64.6 Å². The molecule has 0 radical (unpaired) electrons. The number of nitrogens with two attached hydrogens (primary N) is 1. The van der Waals surface area contributed by atoms with Gasteiger partial charge in [0.15, 0.2) is 0 Å². The summed E-state index contributed by atoms with van der Waals surface area (Å²) in [5, 5.41) is 2.88. The summed E-state index contributed by atoms with van der Waals surface area (Å²) in [5.41, 5.74) is 7.88. The second kappa shape index (κ2) is 6.68. The third-order valence-electron chi connectivity index (χ3n) is 3.23. The molecule has 104 valence electrons. The summed E-state index contributed by atoms with van der Waals surface area (Å²) < 4.78 is 0.926. The van der Waals surface area contributed by atoms with Crippen LogP contribution >= 0.6 is 15.9 Å². The van der Waals surface area contributed by atoms with Crippen LogP contribution in [-0.4, -0.2) is 5.91 Å². The zero-order valence-electron chi connectivity index (χ0n) is 11.2. The number of halogens is 1. The van der Waals surface area contributed by atoms with Crippen molar-refractivity contribution in [3.8, 4) is 0 Å². The maximum absolute atomic E-state index is 12.2. The summed E-state index contributed by atoms with van der Waals surface area (Å²) in [6, 6.07) is 16.8. The van der Waals surface area contributed by atoms with Crippen molar-refractivity contribution in [3.63, 3.8) is 0 Å². The van der Waals surface area contributed by atoms with Crippen LogP contribution in [0.2, 0.25) is 0 Å². The first-order valence-electron chi connectivity index (χ1n) is 6.45. The average Bonchev–Trinajstić information content (AvgIpc) is 2.46. The number of nitrogens with one attached hydrogen (secondary N) is 1. The summed E-state index contributed by atoms with van der Waals surface area (Å²) in [6.45, 7) is 1.84. The zero-order chi connectivity index (χ0) is 14.5. The van der Waals surface area contributed by atoms with Crippen molar-refractivity contribution in [2.45, 2.75) is 13.0 Å². The molecule has 3 N–H and O–H groups in total. The molecule has 20 heavy (non-hydrogen) atoms. The van der Waals surface area contributed by atoms with Gasteiger partial charge in [-0.1, -0.05) is 59.3 Å². The van der Waals surface area contributed by atoms with Crippen molar-refractivity contribution in [2.24, 2.45) is 11.7 Å². The first-order valence-corrected chi connectivity index (χ1v) is 7.24. The van der Waals surface area contributed by atoms with Gasteiger partial charge in [-0.3, -0.25) is 4.79 Å². The van der Waals surface area contributed by atoms with Gasteiger partial charge in [-0.25, -0.2) is 0 Å². The maximum atomic E-state index is 12.2. The standard InChI is InChI=1S/C16H17BrN2O/c1-11(15(18)12-6-3-2-4-7-12)16(20)19-14-9-5-8-13(17)10-14/h2-11,15H,18H2,1H3,(H,19,20). The van der Waals surface area contributed by atoms with Crippen LogP contribution in [0.3, 0.4) is 0 Å². The Labute approximate surface area is 127 Å². The van der Waals surface area contributed by atoms with Crippen molar-refractivity contribution in [2.75, 3.05) is 5.32 Å². The lowest BCUT2D eigenvalue weighted by Gasteiger charge is -2.19. The van der Waals surface area contributed by atoms with Crippen LogP contribution in [0.5, 0.6) is 0 Å². The van der Waals surface area contributed by atoms with Gasteiger partial charge in [0, 0.05) is 16.2 Å². The van der Waals surface area contributed by atoms with Crippen LogP contribution in [0.1, 0.15) is 18.5 Å². The zero-order valence-corrected chi connectivity index (χ0v) is 12.8. The smallest absolute Gasteiger partial charge is 0.229 e. The quantitative estimate of drug-likeness (QED) is 0.896. The largest absolute Gasteiger partial charge is 0.326 e. The number of hydrogen-bond donors (Lipinski definition) is 2. The first-order chi connectivity index (χ1) is 9.58. The second-order valence-corrected chi connectivity index (χ2v) is 5.64. The normalized spacial score (nSPS) is 13.6. The minimum absolute atomic E-state index is 0.0838. The van der Waals surface area contributed by atoms with E-state index in [-0.39, 0.29) is 17.9 Å². The summed E-state index contributed by atoms with van der Waals surface area (Å²) in [4.78, 5) is 12.2. The highest BCUT2D eigenvalue weighted by atomic mass is 79.9. The van der Waals surface area contributed by atoms with E-state index in [1.54, 1.807) is 0 Å². The lowest BCUT2D eigenvalue weighted by Crippen LogP contribution is -2.30. The van der Waals surface area contributed by atoms with E-state index in [4.69, 9.17) is 5.73 Å². The molecule has 2 unspecified atom stereocenters. The highest BCUT2D eigenvalue weighted by molar-refractivity contribution is 9.10. The molecule has 2 aromatic carbocycles. The van der Waals surface area contributed by atoms with Crippen LogP contribution in [0.4, 0.5) is 5.69 Å². The van der Waals surface area contributed by atoms with Crippen LogP contribution < -0.4 is 11.1 Å². The molecule has 0 saturated heterocycles. The lowest BCUT2D eigenvalue weighted by molar-refractivity contribution is -0.120. The number of benzene rings is 2. The van der Waals surface area contributed by atoms with E-state index in [1.165, 1.54) is 0 Å². The van der Waals surface area contributed by atoms with Crippen molar-refractivity contribution in [1.29, 1.82) is 0 Å². The Hall–Kier alpha value is -1.65. The van der Waals surface area contributed by atoms with Crippen LogP contribution in [0.15, 0.2) is 59.1 Å². The highest BCUT2D eigenvalue weighted by Crippen LogP contribution is 2.22. The van der Waals surface area contributed by atoms with Gasteiger partial charge in [0.1, 0.15) is 0 Å². The number of carbonyl (C=O) groups excluding carboxylic acids is 1. The van der Waals surface area contributed by atoms with Crippen LogP contribution in [-0.2, 0) is 4.79 Å². The highest BCUT2D eigenvalue weighted by Gasteiger charge is 2.22. The Morgan fingerprint density at radius 2 is 1.85 bits per heavy atom. The van der Waals surface area contributed by atoms with E-state index >= 15 is 0 Å². The summed E-state index contributed by atoms with van der Waals surface area (Å²) in [6.07, 6.45) is 0. The number of anilines is 1. The van der Waals surface area contributed by atoms with Crippen molar-refractivity contribution in [1.82, 2.24) is 0 Å². The molecule has 2 atom stereocenters. The van der Waals surface area contributed by atoms with Gasteiger partial charge < -0.3 is 11.1 Å². The van der Waals surface area contributed by atoms with Gasteiger partial charge in [0.25, 0.3) is 0 Å². The molecule has 0 saturated carbocycles. The molecule has 2 rings (SSSR count). The number of amides is 1. The van der Waals surface area contributed by atoms with E-state index < -0.39 is 0 Å². The third kappa shape index (κ3) is 3.68. The molecule has 0 aliphatic rings. The minimum atomic E-state index is -0.316. The van der Waals surface area contributed by atoms with Crippen LogP contribution in [0, 0.1) is 5.92 Å².